The van der Waals surface area contributed by atoms with E-state index in [1.165, 1.54) is 12.3 Å². The molecule has 0 spiro atoms. The number of aromatic nitrogens is 2. The zero-order valence-electron chi connectivity index (χ0n) is 10.3. The van der Waals surface area contributed by atoms with Crippen molar-refractivity contribution in [1.29, 1.82) is 0 Å². The molecule has 1 aromatic heterocycles. The Hall–Kier alpha value is -1.82. The van der Waals surface area contributed by atoms with E-state index in [1.54, 1.807) is 18.2 Å². The third-order valence-corrected chi connectivity index (χ3v) is 3.94. The highest BCUT2D eigenvalue weighted by Gasteiger charge is 2.54. The Morgan fingerprint density at radius 1 is 1.35 bits per heavy atom. The van der Waals surface area contributed by atoms with Crippen LogP contribution >= 0.6 is 15.9 Å². The van der Waals surface area contributed by atoms with Crippen LogP contribution in [-0.4, -0.2) is 21.0 Å². The van der Waals surface area contributed by atoms with E-state index in [1.807, 2.05) is 0 Å². The monoisotopic (exact) mass is 336 g/mol. The largest absolute Gasteiger partial charge is 0.480 e. The molecule has 0 unspecified atom stereocenters. The molecule has 1 N–H and O–H groups in total. The molecule has 0 aliphatic heterocycles. The molecule has 3 rings (SSSR count). The average molecular weight is 337 g/mol. The van der Waals surface area contributed by atoms with Crippen LogP contribution in [-0.2, 0) is 10.2 Å². The highest BCUT2D eigenvalue weighted by atomic mass is 79.9. The van der Waals surface area contributed by atoms with Crippen LogP contribution in [0.4, 0.5) is 4.39 Å². The lowest BCUT2D eigenvalue weighted by molar-refractivity contribution is -0.140. The van der Waals surface area contributed by atoms with Crippen LogP contribution in [0.25, 0.3) is 11.3 Å². The van der Waals surface area contributed by atoms with Crippen molar-refractivity contribution in [3.8, 4) is 11.3 Å². The fourth-order valence-corrected chi connectivity index (χ4v) is 2.45. The van der Waals surface area contributed by atoms with Gasteiger partial charge in [0.2, 0.25) is 0 Å². The first-order valence-electron chi connectivity index (χ1n) is 6.05. The SMILES string of the molecule is O=C(O)C1(c2nccc(-c3cc(Br)ccc3F)n2)CC1. The molecule has 0 amide bonds. The van der Waals surface area contributed by atoms with Gasteiger partial charge < -0.3 is 5.11 Å². The topological polar surface area (TPSA) is 63.1 Å². The smallest absolute Gasteiger partial charge is 0.317 e. The molecule has 1 aliphatic carbocycles. The summed E-state index contributed by atoms with van der Waals surface area (Å²) in [7, 11) is 0. The molecule has 1 saturated carbocycles. The number of carboxylic acid groups (broad SMARTS) is 1. The molecule has 4 nitrogen and oxygen atoms in total. The summed E-state index contributed by atoms with van der Waals surface area (Å²) in [4.78, 5) is 19.6. The number of benzene rings is 1. The van der Waals surface area contributed by atoms with Gasteiger partial charge in [0.05, 0.1) is 5.69 Å². The van der Waals surface area contributed by atoms with Crippen molar-refractivity contribution in [2.45, 2.75) is 18.3 Å². The molecule has 1 aliphatic rings. The predicted molar refractivity (Wildman–Crippen MR) is 73.7 cm³/mol. The Bertz CT molecular complexity index is 701. The van der Waals surface area contributed by atoms with Crippen LogP contribution in [0.5, 0.6) is 0 Å². The Kier molecular flexibility index (Phi) is 3.05. The second-order valence-corrected chi connectivity index (χ2v) is 5.69. The Morgan fingerprint density at radius 3 is 2.75 bits per heavy atom. The van der Waals surface area contributed by atoms with E-state index < -0.39 is 17.2 Å². The standard InChI is InChI=1S/C14H10BrFN2O2/c15-8-1-2-10(16)9(7-8)11-3-6-17-12(18-11)14(4-5-14)13(19)20/h1-3,6-7H,4-5H2,(H,19,20). The van der Waals surface area contributed by atoms with Gasteiger partial charge in [-0.15, -0.1) is 0 Å². The van der Waals surface area contributed by atoms with Gasteiger partial charge in [-0.25, -0.2) is 14.4 Å². The zero-order valence-corrected chi connectivity index (χ0v) is 11.9. The van der Waals surface area contributed by atoms with E-state index in [2.05, 4.69) is 25.9 Å². The number of rotatable bonds is 3. The normalized spacial score (nSPS) is 15.9. The van der Waals surface area contributed by atoms with E-state index in [0.29, 0.717) is 24.1 Å². The second-order valence-electron chi connectivity index (χ2n) is 4.78. The minimum Gasteiger partial charge on any atom is -0.480 e. The first kappa shape index (κ1) is 13.2. The third-order valence-electron chi connectivity index (χ3n) is 3.45. The summed E-state index contributed by atoms with van der Waals surface area (Å²) >= 11 is 3.28. The lowest BCUT2D eigenvalue weighted by Crippen LogP contribution is -2.22. The molecular weight excluding hydrogens is 327 g/mol. The van der Waals surface area contributed by atoms with Gasteiger partial charge in [-0.05, 0) is 37.1 Å². The number of hydrogen-bond donors (Lipinski definition) is 1. The van der Waals surface area contributed by atoms with Gasteiger partial charge in [-0.1, -0.05) is 15.9 Å². The van der Waals surface area contributed by atoms with Crippen LogP contribution < -0.4 is 0 Å². The van der Waals surface area contributed by atoms with Gasteiger partial charge in [0.15, 0.2) is 0 Å². The van der Waals surface area contributed by atoms with Crippen molar-refractivity contribution in [2.75, 3.05) is 0 Å². The van der Waals surface area contributed by atoms with E-state index in [4.69, 9.17) is 0 Å². The highest BCUT2D eigenvalue weighted by Crippen LogP contribution is 2.47. The molecule has 6 heteroatoms. The Morgan fingerprint density at radius 2 is 2.10 bits per heavy atom. The highest BCUT2D eigenvalue weighted by molar-refractivity contribution is 9.10. The van der Waals surface area contributed by atoms with Crippen molar-refractivity contribution >= 4 is 21.9 Å². The predicted octanol–water partition coefficient (Wildman–Crippen LogP) is 3.16. The quantitative estimate of drug-likeness (QED) is 0.935. The molecule has 102 valence electrons. The van der Waals surface area contributed by atoms with Crippen molar-refractivity contribution in [2.24, 2.45) is 0 Å². The zero-order chi connectivity index (χ0) is 14.3. The third kappa shape index (κ3) is 2.10. The summed E-state index contributed by atoms with van der Waals surface area (Å²) in [6.45, 7) is 0. The molecule has 1 heterocycles. The van der Waals surface area contributed by atoms with Crippen molar-refractivity contribution < 1.29 is 14.3 Å². The molecular formula is C14H10BrFN2O2. The summed E-state index contributed by atoms with van der Waals surface area (Å²) in [6.07, 6.45) is 2.51. The maximum absolute atomic E-state index is 13.9. The van der Waals surface area contributed by atoms with Crippen molar-refractivity contribution in [1.82, 2.24) is 9.97 Å². The molecule has 2 aromatic rings. The van der Waals surface area contributed by atoms with Gasteiger partial charge in [0.1, 0.15) is 17.1 Å². The number of halogens is 2. The summed E-state index contributed by atoms with van der Waals surface area (Å²) < 4.78 is 14.6. The molecule has 0 bridgehead atoms. The lowest BCUT2D eigenvalue weighted by Gasteiger charge is -2.10. The van der Waals surface area contributed by atoms with Gasteiger partial charge in [0, 0.05) is 16.2 Å². The van der Waals surface area contributed by atoms with Crippen LogP contribution in [0.15, 0.2) is 34.9 Å². The molecule has 0 saturated heterocycles. The fraction of sp³-hybridized carbons (Fsp3) is 0.214. The number of aliphatic carboxylic acids is 1. The fourth-order valence-electron chi connectivity index (χ4n) is 2.09. The molecule has 1 fully saturated rings. The summed E-state index contributed by atoms with van der Waals surface area (Å²) in [5.41, 5.74) is -0.274. The van der Waals surface area contributed by atoms with Gasteiger partial charge in [-0.2, -0.15) is 0 Å². The lowest BCUT2D eigenvalue weighted by atomic mass is 10.1. The summed E-state index contributed by atoms with van der Waals surface area (Å²) in [5, 5.41) is 9.26. The maximum Gasteiger partial charge on any atom is 0.317 e. The second kappa shape index (κ2) is 4.63. The first-order chi connectivity index (χ1) is 9.53. The van der Waals surface area contributed by atoms with E-state index in [0.717, 1.165) is 4.47 Å². The number of hydrogen-bond acceptors (Lipinski definition) is 3. The van der Waals surface area contributed by atoms with Crippen LogP contribution in [0, 0.1) is 5.82 Å². The number of nitrogens with zero attached hydrogens (tertiary/aromatic N) is 2. The van der Waals surface area contributed by atoms with Crippen LogP contribution in [0.3, 0.4) is 0 Å². The Balaban J connectivity index is 2.08. The van der Waals surface area contributed by atoms with Gasteiger partial charge in [-0.3, -0.25) is 4.79 Å². The maximum atomic E-state index is 13.9. The van der Waals surface area contributed by atoms with Gasteiger partial charge in [0.25, 0.3) is 0 Å². The van der Waals surface area contributed by atoms with E-state index in [9.17, 15) is 14.3 Å². The molecule has 0 radical (unpaired) electrons. The Labute approximate surface area is 122 Å². The molecule has 1 aromatic carbocycles. The van der Waals surface area contributed by atoms with Crippen molar-refractivity contribution in [3.05, 3.63) is 46.6 Å². The average Bonchev–Trinajstić information content (AvgIpc) is 3.23. The number of carboxylic acids is 1. The van der Waals surface area contributed by atoms with Crippen LogP contribution in [0.1, 0.15) is 18.7 Å². The number of carbonyl (C=O) groups is 1. The molecule has 20 heavy (non-hydrogen) atoms. The van der Waals surface area contributed by atoms with E-state index >= 15 is 0 Å². The van der Waals surface area contributed by atoms with Crippen molar-refractivity contribution in [3.63, 3.8) is 0 Å². The van der Waals surface area contributed by atoms with Crippen LogP contribution in [0.2, 0.25) is 0 Å². The summed E-state index contributed by atoms with van der Waals surface area (Å²) in [5.74, 6) is -1.08. The minimum atomic E-state index is -0.988. The molecule has 0 atom stereocenters. The summed E-state index contributed by atoms with van der Waals surface area (Å²) in [6, 6.07) is 6.12. The minimum absolute atomic E-state index is 0.252. The first-order valence-corrected chi connectivity index (χ1v) is 6.84. The van der Waals surface area contributed by atoms with Gasteiger partial charge >= 0.3 is 5.97 Å². The van der Waals surface area contributed by atoms with E-state index in [-0.39, 0.29) is 5.82 Å².